The van der Waals surface area contributed by atoms with Gasteiger partial charge in [0.15, 0.2) is 11.4 Å². The van der Waals surface area contributed by atoms with Crippen LogP contribution < -0.4 is 19.7 Å². The summed E-state index contributed by atoms with van der Waals surface area (Å²) in [6.07, 6.45) is -4.27. The van der Waals surface area contributed by atoms with Crippen molar-refractivity contribution in [1.29, 1.82) is 0 Å². The number of ether oxygens (including phenoxy) is 2. The molecule has 0 unspecified atom stereocenters. The molecule has 0 spiro atoms. The van der Waals surface area contributed by atoms with Crippen LogP contribution in [0.3, 0.4) is 0 Å². The summed E-state index contributed by atoms with van der Waals surface area (Å²) in [7, 11) is 3.19. The number of anilines is 1. The van der Waals surface area contributed by atoms with Gasteiger partial charge >= 0.3 is 6.18 Å². The number of nitrogens with zero attached hydrogens (tertiary/aromatic N) is 5. The van der Waals surface area contributed by atoms with E-state index in [4.69, 9.17) is 14.5 Å². The first-order valence-corrected chi connectivity index (χ1v) is 14.9. The molecule has 5 rings (SSSR count). The molecule has 3 aromatic rings. The van der Waals surface area contributed by atoms with E-state index in [1.807, 2.05) is 62.2 Å². The monoisotopic (exact) mass is 626 g/mol. The number of halogens is 3. The zero-order valence-corrected chi connectivity index (χ0v) is 25.7. The Kier molecular flexibility index (Phi) is 9.47. The molecule has 0 saturated carbocycles. The average Bonchev–Trinajstić information content (AvgIpc) is 3.02. The molecule has 0 aliphatic carbocycles. The summed E-state index contributed by atoms with van der Waals surface area (Å²) >= 11 is 0. The second kappa shape index (κ2) is 13.3. The fourth-order valence-corrected chi connectivity index (χ4v) is 5.82. The Bertz CT molecular complexity index is 1550. The molecule has 2 aliphatic heterocycles. The average molecular weight is 627 g/mol. The number of methoxy groups -OCH3 is 1. The Morgan fingerprint density at radius 1 is 1.00 bits per heavy atom. The van der Waals surface area contributed by atoms with Gasteiger partial charge in [-0.3, -0.25) is 9.59 Å². The van der Waals surface area contributed by atoms with Crippen LogP contribution >= 0.6 is 0 Å². The Labute approximate surface area is 260 Å². The second-order valence-corrected chi connectivity index (χ2v) is 11.1. The van der Waals surface area contributed by atoms with Gasteiger partial charge in [-0.15, -0.1) is 0 Å². The van der Waals surface area contributed by atoms with Gasteiger partial charge in [0.2, 0.25) is 5.88 Å². The minimum atomic E-state index is -4.84. The van der Waals surface area contributed by atoms with Crippen molar-refractivity contribution in [2.75, 3.05) is 58.4 Å². The molecular weight excluding hydrogens is 589 g/mol. The number of aromatic nitrogens is 2. The number of amides is 2. The van der Waals surface area contributed by atoms with Gasteiger partial charge in [0, 0.05) is 50.4 Å². The molecular formula is C32H37F3N6O4. The lowest BCUT2D eigenvalue weighted by atomic mass is 10.0. The molecule has 1 N–H and O–H groups in total. The van der Waals surface area contributed by atoms with Gasteiger partial charge in [-0.1, -0.05) is 19.1 Å². The van der Waals surface area contributed by atoms with E-state index in [0.29, 0.717) is 30.2 Å². The van der Waals surface area contributed by atoms with Crippen LogP contribution in [0.2, 0.25) is 0 Å². The largest absolute Gasteiger partial charge is 0.493 e. The van der Waals surface area contributed by atoms with Crippen LogP contribution in [-0.4, -0.2) is 97.2 Å². The highest BCUT2D eigenvalue weighted by Crippen LogP contribution is 2.35. The summed E-state index contributed by atoms with van der Waals surface area (Å²) < 4.78 is 52.2. The lowest BCUT2D eigenvalue weighted by molar-refractivity contribution is -0.141. The maximum Gasteiger partial charge on any atom is 0.434 e. The molecule has 2 aromatic heterocycles. The number of para-hydroxylation sites is 1. The predicted octanol–water partition coefficient (Wildman–Crippen LogP) is 4.35. The highest BCUT2D eigenvalue weighted by molar-refractivity contribution is 5.99. The van der Waals surface area contributed by atoms with E-state index in [2.05, 4.69) is 15.2 Å². The minimum Gasteiger partial charge on any atom is -0.493 e. The van der Waals surface area contributed by atoms with Gasteiger partial charge in [0.1, 0.15) is 5.75 Å². The molecule has 10 nitrogen and oxygen atoms in total. The molecule has 1 aromatic carbocycles. The Morgan fingerprint density at radius 2 is 1.76 bits per heavy atom. The van der Waals surface area contributed by atoms with Gasteiger partial charge in [-0.05, 0) is 50.7 Å². The smallest absolute Gasteiger partial charge is 0.434 e. The van der Waals surface area contributed by atoms with Crippen LogP contribution in [0.5, 0.6) is 11.6 Å². The van der Waals surface area contributed by atoms with Crippen LogP contribution in [0.25, 0.3) is 11.3 Å². The van der Waals surface area contributed by atoms with Gasteiger partial charge < -0.3 is 29.5 Å². The van der Waals surface area contributed by atoms with Gasteiger partial charge in [0.25, 0.3) is 11.8 Å². The molecule has 45 heavy (non-hydrogen) atoms. The lowest BCUT2D eigenvalue weighted by Gasteiger charge is -2.43. The SMILES string of the molecule is CCOc1ccccc1-c1ccc(N2CCN(C(=O)c3ccc(OC)nc3C(F)(F)F)C[C@H]2CC)c(C(=O)NC2CN(C)C2)n1. The van der Waals surface area contributed by atoms with E-state index < -0.39 is 23.3 Å². The van der Waals surface area contributed by atoms with E-state index in [1.165, 1.54) is 18.1 Å². The van der Waals surface area contributed by atoms with Crippen molar-refractivity contribution in [2.45, 2.75) is 38.5 Å². The highest BCUT2D eigenvalue weighted by atomic mass is 19.4. The summed E-state index contributed by atoms with van der Waals surface area (Å²) in [6.45, 7) is 6.34. The molecule has 2 fully saturated rings. The number of likely N-dealkylation sites (N-methyl/N-ethyl adjacent to an activating group) is 1. The molecule has 2 saturated heterocycles. The number of likely N-dealkylation sites (tertiary alicyclic amines) is 1. The first-order valence-electron chi connectivity index (χ1n) is 14.9. The van der Waals surface area contributed by atoms with Crippen LogP contribution in [0.15, 0.2) is 48.5 Å². The standard InChI is InChI=1S/C32H37F3N6O4/c1-5-21-19-40(31(43)23-11-14-27(44-4)38-29(23)32(33,34)35)15-16-41(21)25-13-12-24(22-9-7-8-10-26(22)45-6-2)37-28(25)30(42)36-20-17-39(3)18-20/h7-14,20-21H,5-6,15-19H2,1-4H3,(H,36,42)/t21-/m1/s1. The third kappa shape index (κ3) is 6.82. The molecule has 0 radical (unpaired) electrons. The van der Waals surface area contributed by atoms with Crippen LogP contribution in [0, 0.1) is 0 Å². The van der Waals surface area contributed by atoms with E-state index in [0.717, 1.165) is 24.7 Å². The van der Waals surface area contributed by atoms with E-state index in [1.54, 1.807) is 0 Å². The molecule has 240 valence electrons. The lowest BCUT2D eigenvalue weighted by Crippen LogP contribution is -2.58. The number of rotatable bonds is 9. The number of piperazine rings is 1. The Balaban J connectivity index is 1.46. The van der Waals surface area contributed by atoms with Gasteiger partial charge in [-0.25, -0.2) is 9.97 Å². The number of hydrogen-bond acceptors (Lipinski definition) is 8. The second-order valence-electron chi connectivity index (χ2n) is 11.1. The summed E-state index contributed by atoms with van der Waals surface area (Å²) in [5.74, 6) is -0.652. The van der Waals surface area contributed by atoms with Crippen LogP contribution in [0.4, 0.5) is 18.9 Å². The number of alkyl halides is 3. The third-order valence-electron chi connectivity index (χ3n) is 8.08. The Hall–Kier alpha value is -4.39. The molecule has 13 heteroatoms. The van der Waals surface area contributed by atoms with Gasteiger partial charge in [0.05, 0.1) is 36.7 Å². The fourth-order valence-electron chi connectivity index (χ4n) is 5.82. The highest BCUT2D eigenvalue weighted by Gasteiger charge is 2.40. The van der Waals surface area contributed by atoms with Crippen LogP contribution in [0.1, 0.15) is 46.8 Å². The van der Waals surface area contributed by atoms with E-state index >= 15 is 0 Å². The zero-order chi connectivity index (χ0) is 32.3. The molecule has 0 bridgehead atoms. The van der Waals surface area contributed by atoms with Crippen LogP contribution in [-0.2, 0) is 6.18 Å². The summed E-state index contributed by atoms with van der Waals surface area (Å²) in [6, 6.07) is 13.2. The fraction of sp³-hybridized carbons (Fsp3) is 0.438. The number of benzene rings is 1. The number of nitrogens with one attached hydrogen (secondary N) is 1. The topological polar surface area (TPSA) is 100 Å². The van der Waals surface area contributed by atoms with Gasteiger partial charge in [-0.2, -0.15) is 13.2 Å². The van der Waals surface area contributed by atoms with Crippen molar-refractivity contribution in [3.63, 3.8) is 0 Å². The van der Waals surface area contributed by atoms with E-state index in [9.17, 15) is 22.8 Å². The third-order valence-corrected chi connectivity index (χ3v) is 8.08. The predicted molar refractivity (Wildman–Crippen MR) is 163 cm³/mol. The first kappa shape index (κ1) is 32.0. The van der Waals surface area contributed by atoms with Crippen molar-refractivity contribution >= 4 is 17.5 Å². The molecule has 2 amide bonds. The quantitative estimate of drug-likeness (QED) is 0.374. The van der Waals surface area contributed by atoms with Crippen molar-refractivity contribution in [3.8, 4) is 22.9 Å². The molecule has 2 aliphatic rings. The summed E-state index contributed by atoms with van der Waals surface area (Å²) in [5.41, 5.74) is 0.349. The maximum atomic E-state index is 13.9. The number of hydrogen-bond donors (Lipinski definition) is 1. The maximum absolute atomic E-state index is 13.9. The van der Waals surface area contributed by atoms with E-state index in [-0.39, 0.29) is 49.2 Å². The normalized spacial score (nSPS) is 17.5. The first-order chi connectivity index (χ1) is 21.5. The number of carbonyl (C=O) groups is 2. The zero-order valence-electron chi connectivity index (χ0n) is 25.7. The minimum absolute atomic E-state index is 0.00565. The van der Waals surface area contributed by atoms with Crippen molar-refractivity contribution in [2.24, 2.45) is 0 Å². The summed E-state index contributed by atoms with van der Waals surface area (Å²) in [4.78, 5) is 41.1. The number of carbonyl (C=O) groups excluding carboxylic acids is 2. The van der Waals surface area contributed by atoms with Crippen molar-refractivity contribution in [1.82, 2.24) is 25.1 Å². The number of pyridine rings is 2. The molecule has 1 atom stereocenters. The molecule has 4 heterocycles. The van der Waals surface area contributed by atoms with Crippen molar-refractivity contribution in [3.05, 3.63) is 65.5 Å². The summed E-state index contributed by atoms with van der Waals surface area (Å²) in [5, 5.41) is 3.08. The van der Waals surface area contributed by atoms with Crippen molar-refractivity contribution < 1.29 is 32.2 Å². The Morgan fingerprint density at radius 3 is 2.42 bits per heavy atom.